The molecular formula is C25H33FN4O7S. The summed E-state index contributed by atoms with van der Waals surface area (Å²) in [4.78, 5) is 38.7. The van der Waals surface area contributed by atoms with Crippen LogP contribution in [0.5, 0.6) is 5.75 Å². The molecule has 0 aliphatic heterocycles. The van der Waals surface area contributed by atoms with E-state index < -0.39 is 50.9 Å². The number of carbonyl (C=O) groups is 2. The molecule has 0 aromatic heterocycles. The Labute approximate surface area is 221 Å². The van der Waals surface area contributed by atoms with Crippen LogP contribution in [0.2, 0.25) is 0 Å². The van der Waals surface area contributed by atoms with Crippen molar-refractivity contribution in [2.24, 2.45) is 0 Å². The number of benzene rings is 2. The van der Waals surface area contributed by atoms with Gasteiger partial charge in [-0.25, -0.2) is 12.8 Å². The maximum atomic E-state index is 13.7. The minimum Gasteiger partial charge on any atom is -0.495 e. The molecule has 0 aliphatic carbocycles. The van der Waals surface area contributed by atoms with Gasteiger partial charge in [-0.2, -0.15) is 0 Å². The van der Waals surface area contributed by atoms with Crippen LogP contribution in [0.4, 0.5) is 15.8 Å². The lowest BCUT2D eigenvalue weighted by atomic mass is 10.1. The standard InChI is InChI=1S/C25H33FN4O7S/c1-6-17(3)27-25(32)21(7-2)28(15-18-8-10-19(26)11-9-18)24(31)16-29(38(5,35)36)22-14-20(30(33)34)12-13-23(22)37-4/h8-14,17,21H,6-7,15-16H2,1-5H3,(H,27,32). The third-order valence-electron chi connectivity index (χ3n) is 5.97. The first-order chi connectivity index (χ1) is 17.8. The number of hydrogen-bond acceptors (Lipinski definition) is 7. The molecule has 1 N–H and O–H groups in total. The minimum absolute atomic E-state index is 0.000430. The Kier molecular flexibility index (Phi) is 10.6. The highest BCUT2D eigenvalue weighted by Crippen LogP contribution is 2.34. The van der Waals surface area contributed by atoms with E-state index in [2.05, 4.69) is 5.32 Å². The molecule has 208 valence electrons. The molecule has 13 heteroatoms. The van der Waals surface area contributed by atoms with Gasteiger partial charge in [0.15, 0.2) is 0 Å². The van der Waals surface area contributed by atoms with Gasteiger partial charge in [-0.05, 0) is 43.5 Å². The Morgan fingerprint density at radius 2 is 1.76 bits per heavy atom. The Morgan fingerprint density at radius 1 is 1.13 bits per heavy atom. The van der Waals surface area contributed by atoms with Crippen LogP contribution in [0.15, 0.2) is 42.5 Å². The average molecular weight is 553 g/mol. The zero-order chi connectivity index (χ0) is 28.6. The average Bonchev–Trinajstić information content (AvgIpc) is 2.86. The van der Waals surface area contributed by atoms with Gasteiger partial charge in [-0.3, -0.25) is 24.0 Å². The van der Waals surface area contributed by atoms with Crippen LogP contribution in [-0.2, 0) is 26.2 Å². The maximum absolute atomic E-state index is 13.7. The number of amides is 2. The lowest BCUT2D eigenvalue weighted by Crippen LogP contribution is -2.53. The van der Waals surface area contributed by atoms with Crippen LogP contribution in [-0.4, -0.2) is 62.0 Å². The first kappa shape index (κ1) is 30.5. The van der Waals surface area contributed by atoms with Gasteiger partial charge in [-0.1, -0.05) is 26.0 Å². The number of hydrogen-bond donors (Lipinski definition) is 1. The van der Waals surface area contributed by atoms with Gasteiger partial charge < -0.3 is 15.0 Å². The fraction of sp³-hybridized carbons (Fsp3) is 0.440. The molecule has 2 atom stereocenters. The zero-order valence-corrected chi connectivity index (χ0v) is 22.8. The number of ether oxygens (including phenoxy) is 1. The molecular weight excluding hydrogens is 519 g/mol. The topological polar surface area (TPSA) is 139 Å². The number of sulfonamides is 1. The highest BCUT2D eigenvalue weighted by Gasteiger charge is 2.33. The molecule has 2 aromatic carbocycles. The summed E-state index contributed by atoms with van der Waals surface area (Å²) >= 11 is 0. The molecule has 0 spiro atoms. The number of non-ortho nitro benzene ring substituents is 1. The normalized spacial score (nSPS) is 12.8. The zero-order valence-electron chi connectivity index (χ0n) is 22.0. The number of nitrogens with zero attached hydrogens (tertiary/aromatic N) is 3. The van der Waals surface area contributed by atoms with Crippen LogP contribution in [0, 0.1) is 15.9 Å². The van der Waals surface area contributed by atoms with Crippen LogP contribution in [0.25, 0.3) is 0 Å². The van der Waals surface area contributed by atoms with E-state index in [0.717, 1.165) is 18.4 Å². The van der Waals surface area contributed by atoms with Gasteiger partial charge in [0, 0.05) is 24.7 Å². The molecule has 0 heterocycles. The largest absolute Gasteiger partial charge is 0.495 e. The molecule has 2 aromatic rings. The molecule has 0 aliphatic rings. The summed E-state index contributed by atoms with van der Waals surface area (Å²) in [6.45, 7) is 4.56. The number of rotatable bonds is 13. The Balaban J connectivity index is 2.55. The van der Waals surface area contributed by atoms with Crippen LogP contribution in [0.3, 0.4) is 0 Å². The third kappa shape index (κ3) is 7.88. The quantitative estimate of drug-likeness (QED) is 0.297. The second-order valence-electron chi connectivity index (χ2n) is 8.77. The van der Waals surface area contributed by atoms with Crippen LogP contribution in [0.1, 0.15) is 39.2 Å². The number of halogens is 1. The van der Waals surface area contributed by atoms with Crippen molar-refractivity contribution in [3.63, 3.8) is 0 Å². The number of nitrogens with one attached hydrogen (secondary N) is 1. The lowest BCUT2D eigenvalue weighted by molar-refractivity contribution is -0.384. The Morgan fingerprint density at radius 3 is 2.26 bits per heavy atom. The second kappa shape index (κ2) is 13.2. The lowest BCUT2D eigenvalue weighted by Gasteiger charge is -2.33. The minimum atomic E-state index is -4.14. The van der Waals surface area contributed by atoms with E-state index in [1.807, 2.05) is 13.8 Å². The van der Waals surface area contributed by atoms with E-state index in [-0.39, 0.29) is 30.4 Å². The number of nitro groups is 1. The molecule has 0 saturated carbocycles. The summed E-state index contributed by atoms with van der Waals surface area (Å²) < 4.78 is 45.0. The second-order valence-corrected chi connectivity index (χ2v) is 10.7. The fourth-order valence-corrected chi connectivity index (χ4v) is 4.57. The van der Waals surface area contributed by atoms with Crippen molar-refractivity contribution in [3.05, 3.63) is 64.0 Å². The van der Waals surface area contributed by atoms with Crippen molar-refractivity contribution in [1.82, 2.24) is 10.2 Å². The molecule has 38 heavy (non-hydrogen) atoms. The van der Waals surface area contributed by atoms with E-state index in [1.165, 1.54) is 42.3 Å². The fourth-order valence-electron chi connectivity index (χ4n) is 3.73. The molecule has 2 amide bonds. The Hall–Kier alpha value is -3.74. The summed E-state index contributed by atoms with van der Waals surface area (Å²) in [7, 11) is -2.88. The van der Waals surface area contributed by atoms with E-state index in [9.17, 15) is 32.5 Å². The third-order valence-corrected chi connectivity index (χ3v) is 7.10. The SMILES string of the molecule is CCC(C)NC(=O)C(CC)N(Cc1ccc(F)cc1)C(=O)CN(c1cc([N+](=O)[O-])ccc1OC)S(C)(=O)=O. The summed E-state index contributed by atoms with van der Waals surface area (Å²) in [5.74, 6) is -1.63. The predicted molar refractivity (Wildman–Crippen MR) is 141 cm³/mol. The summed E-state index contributed by atoms with van der Waals surface area (Å²) in [5, 5.41) is 14.2. The predicted octanol–water partition coefficient (Wildman–Crippen LogP) is 3.23. The van der Waals surface area contributed by atoms with Crippen LogP contribution < -0.4 is 14.4 Å². The van der Waals surface area contributed by atoms with Gasteiger partial charge in [0.05, 0.1) is 18.3 Å². The van der Waals surface area contributed by atoms with Gasteiger partial charge >= 0.3 is 0 Å². The Bertz CT molecular complexity index is 1250. The van der Waals surface area contributed by atoms with Crippen molar-refractivity contribution in [3.8, 4) is 5.75 Å². The molecule has 0 radical (unpaired) electrons. The molecule has 0 fully saturated rings. The molecule has 2 rings (SSSR count). The van der Waals surface area contributed by atoms with Gasteiger partial charge in [0.25, 0.3) is 5.69 Å². The number of methoxy groups -OCH3 is 1. The molecule has 0 bridgehead atoms. The number of anilines is 1. The molecule has 11 nitrogen and oxygen atoms in total. The highest BCUT2D eigenvalue weighted by molar-refractivity contribution is 7.92. The number of carbonyl (C=O) groups excluding carboxylic acids is 2. The van der Waals surface area contributed by atoms with E-state index in [4.69, 9.17) is 4.74 Å². The first-order valence-corrected chi connectivity index (χ1v) is 13.8. The van der Waals surface area contributed by atoms with Gasteiger partial charge in [-0.15, -0.1) is 0 Å². The number of nitro benzene ring substituents is 1. The van der Waals surface area contributed by atoms with E-state index in [1.54, 1.807) is 6.92 Å². The molecule has 2 unspecified atom stereocenters. The summed E-state index contributed by atoms with van der Waals surface area (Å²) in [6.07, 6.45) is 1.73. The maximum Gasteiger partial charge on any atom is 0.271 e. The van der Waals surface area contributed by atoms with Crippen molar-refractivity contribution in [2.45, 2.75) is 52.2 Å². The monoisotopic (exact) mass is 552 g/mol. The summed E-state index contributed by atoms with van der Waals surface area (Å²) in [6, 6.07) is 7.63. The summed E-state index contributed by atoms with van der Waals surface area (Å²) in [5.41, 5.74) is -0.0748. The smallest absolute Gasteiger partial charge is 0.271 e. The van der Waals surface area contributed by atoms with Gasteiger partial charge in [0.2, 0.25) is 21.8 Å². The van der Waals surface area contributed by atoms with Gasteiger partial charge in [0.1, 0.15) is 29.8 Å². The van der Waals surface area contributed by atoms with E-state index in [0.29, 0.717) is 16.3 Å². The van der Waals surface area contributed by atoms with Crippen molar-refractivity contribution in [2.75, 3.05) is 24.2 Å². The van der Waals surface area contributed by atoms with Crippen molar-refractivity contribution >= 4 is 33.2 Å². The highest BCUT2D eigenvalue weighted by atomic mass is 32.2. The first-order valence-electron chi connectivity index (χ1n) is 12.0. The molecule has 0 saturated heterocycles. The van der Waals surface area contributed by atoms with E-state index >= 15 is 0 Å². The van der Waals surface area contributed by atoms with Crippen LogP contribution >= 0.6 is 0 Å². The van der Waals surface area contributed by atoms with Crippen molar-refractivity contribution < 1.29 is 32.1 Å². The van der Waals surface area contributed by atoms with Crippen molar-refractivity contribution in [1.29, 1.82) is 0 Å².